The summed E-state index contributed by atoms with van der Waals surface area (Å²) >= 11 is 0. The lowest BCUT2D eigenvalue weighted by Crippen LogP contribution is -2.36. The summed E-state index contributed by atoms with van der Waals surface area (Å²) in [7, 11) is 0. The highest BCUT2D eigenvalue weighted by Gasteiger charge is 2.21. The van der Waals surface area contributed by atoms with Crippen LogP contribution in [-0.2, 0) is 0 Å². The summed E-state index contributed by atoms with van der Waals surface area (Å²) in [6, 6.07) is 0.794. The lowest BCUT2D eigenvalue weighted by Gasteiger charge is -2.27. The van der Waals surface area contributed by atoms with E-state index in [-0.39, 0.29) is 0 Å². The van der Waals surface area contributed by atoms with Crippen molar-refractivity contribution in [2.45, 2.75) is 85.1 Å². The van der Waals surface area contributed by atoms with Gasteiger partial charge in [-0.15, -0.1) is 0 Å². The van der Waals surface area contributed by atoms with Crippen LogP contribution in [0.1, 0.15) is 79.1 Å². The van der Waals surface area contributed by atoms with Crippen LogP contribution in [0.2, 0.25) is 0 Å². The van der Waals surface area contributed by atoms with E-state index in [9.17, 15) is 0 Å². The third-order valence-corrected chi connectivity index (χ3v) is 4.61. The van der Waals surface area contributed by atoms with Gasteiger partial charge in [-0.25, -0.2) is 0 Å². The maximum atomic E-state index is 3.82. The van der Waals surface area contributed by atoms with Crippen LogP contribution >= 0.6 is 0 Å². The molecule has 1 aliphatic rings. The van der Waals surface area contributed by atoms with Crippen molar-refractivity contribution in [2.24, 2.45) is 11.3 Å². The van der Waals surface area contributed by atoms with Crippen molar-refractivity contribution in [3.8, 4) is 0 Å². The molecule has 0 saturated heterocycles. The van der Waals surface area contributed by atoms with E-state index in [0.29, 0.717) is 5.41 Å². The molecule has 1 aliphatic carbocycles. The lowest BCUT2D eigenvalue weighted by atomic mass is 9.89. The fraction of sp³-hybridized carbons (Fsp3) is 1.00. The highest BCUT2D eigenvalue weighted by Crippen LogP contribution is 2.27. The largest absolute Gasteiger partial charge is 0.313 e. The van der Waals surface area contributed by atoms with Crippen LogP contribution in [0.25, 0.3) is 0 Å². The number of nitrogens with one attached hydrogen (secondary N) is 1. The van der Waals surface area contributed by atoms with Crippen molar-refractivity contribution in [2.75, 3.05) is 6.54 Å². The van der Waals surface area contributed by atoms with E-state index in [1.165, 1.54) is 57.9 Å². The van der Waals surface area contributed by atoms with E-state index in [4.69, 9.17) is 0 Å². The van der Waals surface area contributed by atoms with Crippen LogP contribution in [0.15, 0.2) is 0 Å². The second-order valence-corrected chi connectivity index (χ2v) is 6.76. The topological polar surface area (TPSA) is 12.0 Å². The third kappa shape index (κ3) is 5.90. The molecule has 1 saturated carbocycles. The van der Waals surface area contributed by atoms with Gasteiger partial charge in [0, 0.05) is 12.6 Å². The zero-order valence-electron chi connectivity index (χ0n) is 12.5. The molecule has 0 aromatic heterocycles. The van der Waals surface area contributed by atoms with Gasteiger partial charge in [0.25, 0.3) is 0 Å². The Bertz CT molecular complexity index is 198. The zero-order chi connectivity index (χ0) is 12.7. The minimum absolute atomic E-state index is 0.467. The first-order valence-corrected chi connectivity index (χ1v) is 7.80. The van der Waals surface area contributed by atoms with Crippen LogP contribution in [0.5, 0.6) is 0 Å². The Balaban J connectivity index is 2.27. The molecule has 102 valence electrons. The summed E-state index contributed by atoms with van der Waals surface area (Å²) in [5.41, 5.74) is 0.467. The molecule has 0 aliphatic heterocycles. The predicted molar refractivity (Wildman–Crippen MR) is 77.3 cm³/mol. The first kappa shape index (κ1) is 15.0. The quantitative estimate of drug-likeness (QED) is 0.659. The Hall–Kier alpha value is -0.0400. The second-order valence-electron chi connectivity index (χ2n) is 6.76. The average Bonchev–Trinajstić information content (AvgIpc) is 2.53. The van der Waals surface area contributed by atoms with Crippen LogP contribution in [0, 0.1) is 11.3 Å². The van der Waals surface area contributed by atoms with Gasteiger partial charge in [0.2, 0.25) is 0 Å². The SMILES string of the molecule is CCCC1CCCC(NCC(C)(C)CC)CC1. The molecule has 0 amide bonds. The first-order chi connectivity index (χ1) is 8.07. The molecular formula is C16H33N. The van der Waals surface area contributed by atoms with Gasteiger partial charge in [-0.1, -0.05) is 53.4 Å². The maximum absolute atomic E-state index is 3.82. The highest BCUT2D eigenvalue weighted by molar-refractivity contribution is 4.78. The molecule has 0 radical (unpaired) electrons. The summed E-state index contributed by atoms with van der Waals surface area (Å²) in [6.45, 7) is 10.6. The summed E-state index contributed by atoms with van der Waals surface area (Å²) in [6.07, 6.45) is 11.3. The fourth-order valence-electron chi connectivity index (χ4n) is 2.83. The van der Waals surface area contributed by atoms with E-state index in [2.05, 4.69) is 33.0 Å². The molecule has 1 heteroatoms. The Morgan fingerprint density at radius 1 is 1.06 bits per heavy atom. The van der Waals surface area contributed by atoms with Crippen LogP contribution in [0.4, 0.5) is 0 Å². The lowest BCUT2D eigenvalue weighted by molar-refractivity contribution is 0.297. The summed E-state index contributed by atoms with van der Waals surface area (Å²) in [5, 5.41) is 3.82. The first-order valence-electron chi connectivity index (χ1n) is 7.80. The van der Waals surface area contributed by atoms with Crippen molar-refractivity contribution >= 4 is 0 Å². The summed E-state index contributed by atoms with van der Waals surface area (Å²) in [5.74, 6) is 1.02. The molecule has 2 unspecified atom stereocenters. The van der Waals surface area contributed by atoms with Crippen molar-refractivity contribution in [1.29, 1.82) is 0 Å². The van der Waals surface area contributed by atoms with Crippen LogP contribution in [-0.4, -0.2) is 12.6 Å². The molecule has 0 heterocycles. The molecule has 2 atom stereocenters. The molecule has 1 N–H and O–H groups in total. The second kappa shape index (κ2) is 7.41. The minimum Gasteiger partial charge on any atom is -0.313 e. The van der Waals surface area contributed by atoms with Crippen molar-refractivity contribution in [3.05, 3.63) is 0 Å². The normalized spacial score (nSPS) is 26.8. The van der Waals surface area contributed by atoms with E-state index < -0.39 is 0 Å². The Morgan fingerprint density at radius 2 is 1.82 bits per heavy atom. The summed E-state index contributed by atoms with van der Waals surface area (Å²) < 4.78 is 0. The molecular weight excluding hydrogens is 206 g/mol. The third-order valence-electron chi connectivity index (χ3n) is 4.61. The number of rotatable bonds is 6. The smallest absolute Gasteiger partial charge is 0.00673 e. The van der Waals surface area contributed by atoms with E-state index >= 15 is 0 Å². The fourth-order valence-corrected chi connectivity index (χ4v) is 2.83. The maximum Gasteiger partial charge on any atom is 0.00673 e. The molecule has 0 bridgehead atoms. The van der Waals surface area contributed by atoms with Crippen LogP contribution < -0.4 is 5.32 Å². The standard InChI is InChI=1S/C16H33N/c1-5-8-14-9-7-10-15(12-11-14)17-13-16(3,4)6-2/h14-15,17H,5-13H2,1-4H3. The molecule has 0 spiro atoms. The van der Waals surface area contributed by atoms with Gasteiger partial charge in [0.15, 0.2) is 0 Å². The van der Waals surface area contributed by atoms with Gasteiger partial charge in [-0.05, 0) is 37.0 Å². The molecule has 1 nitrogen and oxygen atoms in total. The Labute approximate surface area is 109 Å². The minimum atomic E-state index is 0.467. The summed E-state index contributed by atoms with van der Waals surface area (Å²) in [4.78, 5) is 0. The van der Waals surface area contributed by atoms with Gasteiger partial charge in [-0.2, -0.15) is 0 Å². The number of hydrogen-bond acceptors (Lipinski definition) is 1. The predicted octanol–water partition coefficient (Wildman–Crippen LogP) is 4.76. The van der Waals surface area contributed by atoms with Gasteiger partial charge < -0.3 is 5.32 Å². The Morgan fingerprint density at radius 3 is 2.47 bits per heavy atom. The van der Waals surface area contributed by atoms with Crippen LogP contribution in [0.3, 0.4) is 0 Å². The average molecular weight is 239 g/mol. The molecule has 0 aromatic carbocycles. The van der Waals surface area contributed by atoms with Gasteiger partial charge in [-0.3, -0.25) is 0 Å². The molecule has 1 rings (SSSR count). The van der Waals surface area contributed by atoms with Crippen molar-refractivity contribution in [1.82, 2.24) is 5.32 Å². The van der Waals surface area contributed by atoms with E-state index in [1.54, 1.807) is 0 Å². The molecule has 17 heavy (non-hydrogen) atoms. The zero-order valence-corrected chi connectivity index (χ0v) is 12.5. The molecule has 0 aromatic rings. The number of hydrogen-bond donors (Lipinski definition) is 1. The van der Waals surface area contributed by atoms with Gasteiger partial charge in [0.05, 0.1) is 0 Å². The van der Waals surface area contributed by atoms with E-state index in [0.717, 1.165) is 12.0 Å². The van der Waals surface area contributed by atoms with Gasteiger partial charge >= 0.3 is 0 Å². The molecule has 1 fully saturated rings. The van der Waals surface area contributed by atoms with E-state index in [1.807, 2.05) is 0 Å². The highest BCUT2D eigenvalue weighted by atomic mass is 14.9. The monoisotopic (exact) mass is 239 g/mol. The van der Waals surface area contributed by atoms with Crippen molar-refractivity contribution in [3.63, 3.8) is 0 Å². The van der Waals surface area contributed by atoms with Gasteiger partial charge in [0.1, 0.15) is 0 Å². The Kier molecular flexibility index (Phi) is 6.54. The van der Waals surface area contributed by atoms with Crippen molar-refractivity contribution < 1.29 is 0 Å².